The van der Waals surface area contributed by atoms with Gasteiger partial charge in [-0.3, -0.25) is 9.59 Å². The minimum atomic E-state index is -0.186. The molecule has 5 aromatic rings. The van der Waals surface area contributed by atoms with E-state index >= 15 is 0 Å². The number of benzene rings is 2. The van der Waals surface area contributed by atoms with Crippen molar-refractivity contribution in [1.82, 2.24) is 24.1 Å². The van der Waals surface area contributed by atoms with Crippen LogP contribution < -0.4 is 11.1 Å². The molecule has 3 heterocycles. The summed E-state index contributed by atoms with van der Waals surface area (Å²) in [5.74, 6) is 1.04. The molecule has 0 unspecified atom stereocenters. The van der Waals surface area contributed by atoms with Crippen LogP contribution in [0, 0.1) is 0 Å². The van der Waals surface area contributed by atoms with Gasteiger partial charge in [0.2, 0.25) is 0 Å². The maximum atomic E-state index is 13.0. The molecule has 0 aliphatic carbocycles. The predicted molar refractivity (Wildman–Crippen MR) is 112 cm³/mol. The van der Waals surface area contributed by atoms with Crippen LogP contribution in [0.3, 0.4) is 0 Å². The van der Waals surface area contributed by atoms with E-state index in [1.165, 1.54) is 0 Å². The summed E-state index contributed by atoms with van der Waals surface area (Å²) in [5.41, 5.74) is 1.68. The average Bonchev–Trinajstić information content (AvgIpc) is 3.18. The van der Waals surface area contributed by atoms with Gasteiger partial charge in [-0.25, -0.2) is 9.97 Å². The Labute approximate surface area is 164 Å². The first kappa shape index (κ1) is 17.1. The molecule has 142 valence electrons. The molecule has 5 rings (SSSR count). The Morgan fingerprint density at radius 2 is 1.83 bits per heavy atom. The highest BCUT2D eigenvalue weighted by Gasteiger charge is 2.15. The van der Waals surface area contributed by atoms with Gasteiger partial charge in [0.1, 0.15) is 11.6 Å². The summed E-state index contributed by atoms with van der Waals surface area (Å²) < 4.78 is 3.44. The van der Waals surface area contributed by atoms with Crippen LogP contribution in [-0.4, -0.2) is 24.1 Å². The third kappa shape index (κ3) is 2.84. The number of aryl methyl sites for hydroxylation is 1. The van der Waals surface area contributed by atoms with Gasteiger partial charge in [-0.2, -0.15) is 0 Å². The number of aromatic amines is 1. The second kappa shape index (κ2) is 6.56. The van der Waals surface area contributed by atoms with E-state index in [0.717, 1.165) is 10.9 Å². The molecule has 0 atom stereocenters. The number of rotatable bonds is 3. The van der Waals surface area contributed by atoms with Crippen LogP contribution in [0.25, 0.3) is 33.2 Å². The highest BCUT2D eigenvalue weighted by Crippen LogP contribution is 2.20. The van der Waals surface area contributed by atoms with E-state index in [1.807, 2.05) is 53.1 Å². The molecule has 1 N–H and O–H groups in total. The van der Waals surface area contributed by atoms with E-state index in [4.69, 9.17) is 0 Å². The predicted octanol–water partition coefficient (Wildman–Crippen LogP) is 2.69. The maximum Gasteiger partial charge on any atom is 0.261 e. The summed E-state index contributed by atoms with van der Waals surface area (Å²) in [4.78, 5) is 37.1. The molecule has 7 heteroatoms. The van der Waals surface area contributed by atoms with Gasteiger partial charge < -0.3 is 14.1 Å². The highest BCUT2D eigenvalue weighted by molar-refractivity contribution is 5.83. The molecule has 0 amide bonds. The summed E-state index contributed by atoms with van der Waals surface area (Å²) in [6.45, 7) is 0.297. The Morgan fingerprint density at radius 3 is 2.72 bits per heavy atom. The van der Waals surface area contributed by atoms with Crippen molar-refractivity contribution < 1.29 is 0 Å². The first-order valence-corrected chi connectivity index (χ1v) is 9.20. The molecule has 29 heavy (non-hydrogen) atoms. The SMILES string of the molecule is Cn1c(=O)c(-c2nccn2Cc2nc3ccccc3c(=O)[nH]2)cc2ccccc21. The van der Waals surface area contributed by atoms with E-state index in [-0.39, 0.29) is 11.1 Å². The molecule has 0 aliphatic rings. The lowest BCUT2D eigenvalue weighted by molar-refractivity contribution is 0.750. The van der Waals surface area contributed by atoms with Crippen LogP contribution in [0.1, 0.15) is 5.82 Å². The molecular formula is C22H17N5O2. The molecule has 3 aromatic heterocycles. The molecule has 0 saturated carbocycles. The molecule has 0 saturated heterocycles. The van der Waals surface area contributed by atoms with E-state index in [1.54, 1.807) is 30.1 Å². The van der Waals surface area contributed by atoms with Gasteiger partial charge in [0.05, 0.1) is 28.5 Å². The Morgan fingerprint density at radius 1 is 1.03 bits per heavy atom. The largest absolute Gasteiger partial charge is 0.323 e. The van der Waals surface area contributed by atoms with Gasteiger partial charge in [0.25, 0.3) is 11.1 Å². The van der Waals surface area contributed by atoms with Crippen LogP contribution in [0.15, 0.2) is 76.6 Å². The van der Waals surface area contributed by atoms with Gasteiger partial charge in [-0.05, 0) is 29.7 Å². The first-order chi connectivity index (χ1) is 14.1. The Hall–Kier alpha value is -4.00. The third-order valence-electron chi connectivity index (χ3n) is 5.07. The molecular weight excluding hydrogens is 366 g/mol. The number of hydrogen-bond donors (Lipinski definition) is 1. The molecule has 2 aromatic carbocycles. The number of nitrogens with zero attached hydrogens (tertiary/aromatic N) is 4. The number of hydrogen-bond acceptors (Lipinski definition) is 4. The number of para-hydroxylation sites is 2. The smallest absolute Gasteiger partial charge is 0.261 e. The summed E-state index contributed by atoms with van der Waals surface area (Å²) in [6, 6.07) is 16.8. The van der Waals surface area contributed by atoms with E-state index < -0.39 is 0 Å². The van der Waals surface area contributed by atoms with Gasteiger partial charge in [-0.1, -0.05) is 30.3 Å². The van der Waals surface area contributed by atoms with Crippen LogP contribution in [0.5, 0.6) is 0 Å². The number of pyridine rings is 1. The summed E-state index contributed by atoms with van der Waals surface area (Å²) in [6.07, 6.45) is 3.42. The molecule has 7 nitrogen and oxygen atoms in total. The second-order valence-electron chi connectivity index (χ2n) is 6.89. The lowest BCUT2D eigenvalue weighted by Gasteiger charge is -2.11. The van der Waals surface area contributed by atoms with Crippen molar-refractivity contribution in [2.24, 2.45) is 7.05 Å². The Kier molecular flexibility index (Phi) is 3.87. The van der Waals surface area contributed by atoms with Gasteiger partial charge in [-0.15, -0.1) is 0 Å². The van der Waals surface area contributed by atoms with Crippen molar-refractivity contribution in [2.45, 2.75) is 6.54 Å². The summed E-state index contributed by atoms with van der Waals surface area (Å²) >= 11 is 0. The number of nitrogens with one attached hydrogen (secondary N) is 1. The van der Waals surface area contributed by atoms with E-state index in [9.17, 15) is 9.59 Å². The minimum Gasteiger partial charge on any atom is -0.323 e. The zero-order chi connectivity index (χ0) is 20.0. The van der Waals surface area contributed by atoms with Crippen LogP contribution >= 0.6 is 0 Å². The first-order valence-electron chi connectivity index (χ1n) is 9.20. The standard InChI is InChI=1S/C22H17N5O2/c1-26-18-9-5-2-6-14(18)12-16(22(26)29)20-23-10-11-27(20)13-19-24-17-8-4-3-7-15(17)21(28)25-19/h2-12H,13H2,1H3,(H,24,25,28). The molecule has 0 spiro atoms. The third-order valence-corrected chi connectivity index (χ3v) is 5.07. The number of aromatic nitrogens is 5. The Balaban J connectivity index is 1.63. The lowest BCUT2D eigenvalue weighted by Crippen LogP contribution is -2.21. The van der Waals surface area contributed by atoms with E-state index in [2.05, 4.69) is 15.0 Å². The quantitative estimate of drug-likeness (QED) is 0.519. The van der Waals surface area contributed by atoms with Crippen molar-refractivity contribution in [3.05, 3.63) is 93.5 Å². The molecule has 0 fully saturated rings. The van der Waals surface area contributed by atoms with Crippen molar-refractivity contribution in [3.8, 4) is 11.4 Å². The van der Waals surface area contributed by atoms with Gasteiger partial charge >= 0.3 is 0 Å². The lowest BCUT2D eigenvalue weighted by atomic mass is 10.1. The fourth-order valence-electron chi connectivity index (χ4n) is 3.63. The molecule has 0 bridgehead atoms. The van der Waals surface area contributed by atoms with Crippen molar-refractivity contribution >= 4 is 21.8 Å². The van der Waals surface area contributed by atoms with Crippen molar-refractivity contribution in [2.75, 3.05) is 0 Å². The topological polar surface area (TPSA) is 85.6 Å². The molecule has 0 radical (unpaired) electrons. The van der Waals surface area contributed by atoms with Gasteiger partial charge in [0, 0.05) is 19.4 Å². The van der Waals surface area contributed by atoms with Gasteiger partial charge in [0.15, 0.2) is 0 Å². The monoisotopic (exact) mass is 383 g/mol. The van der Waals surface area contributed by atoms with E-state index in [0.29, 0.717) is 34.7 Å². The normalized spacial score (nSPS) is 11.3. The maximum absolute atomic E-state index is 13.0. The summed E-state index contributed by atoms with van der Waals surface area (Å²) in [5, 5.41) is 1.50. The zero-order valence-corrected chi connectivity index (χ0v) is 15.7. The van der Waals surface area contributed by atoms with Crippen molar-refractivity contribution in [1.29, 1.82) is 0 Å². The second-order valence-corrected chi connectivity index (χ2v) is 6.89. The fourth-order valence-corrected chi connectivity index (χ4v) is 3.63. The highest BCUT2D eigenvalue weighted by atomic mass is 16.1. The zero-order valence-electron chi connectivity index (χ0n) is 15.7. The van der Waals surface area contributed by atoms with Crippen LogP contribution in [0.2, 0.25) is 0 Å². The Bertz CT molecular complexity index is 1490. The van der Waals surface area contributed by atoms with Crippen LogP contribution in [0.4, 0.5) is 0 Å². The summed E-state index contributed by atoms with van der Waals surface area (Å²) in [7, 11) is 1.75. The number of H-pyrrole nitrogens is 1. The average molecular weight is 383 g/mol. The minimum absolute atomic E-state index is 0.129. The fraction of sp³-hybridized carbons (Fsp3) is 0.0909. The van der Waals surface area contributed by atoms with Crippen molar-refractivity contribution in [3.63, 3.8) is 0 Å². The van der Waals surface area contributed by atoms with Crippen LogP contribution in [-0.2, 0) is 13.6 Å². The number of imidazole rings is 1. The molecule has 0 aliphatic heterocycles. The number of fused-ring (bicyclic) bond motifs is 2.